The number of carboxylic acid groups (broad SMARTS) is 3. The highest BCUT2D eigenvalue weighted by molar-refractivity contribution is 6.10. The van der Waals surface area contributed by atoms with Gasteiger partial charge in [0.05, 0.1) is 39.4 Å². The van der Waals surface area contributed by atoms with Crippen molar-refractivity contribution in [2.24, 2.45) is 0 Å². The molecule has 1 atom stereocenters. The molecule has 3 aromatic carbocycles. The van der Waals surface area contributed by atoms with Crippen molar-refractivity contribution in [2.45, 2.75) is 44.2 Å². The average Bonchev–Trinajstić information content (AvgIpc) is 2.93. The zero-order valence-electron chi connectivity index (χ0n) is 21.8. The van der Waals surface area contributed by atoms with Gasteiger partial charge in [-0.1, -0.05) is 24.3 Å². The number of fused-ring (bicyclic) bond motifs is 1. The largest absolute Gasteiger partial charge is 0.478 e. The van der Waals surface area contributed by atoms with Gasteiger partial charge in [0, 0.05) is 6.54 Å². The summed E-state index contributed by atoms with van der Waals surface area (Å²) >= 11 is 0. The molecule has 226 valence electrons. The van der Waals surface area contributed by atoms with Crippen molar-refractivity contribution in [1.82, 2.24) is 4.90 Å². The van der Waals surface area contributed by atoms with Gasteiger partial charge in [0.1, 0.15) is 0 Å². The summed E-state index contributed by atoms with van der Waals surface area (Å²) in [5.74, 6) is -6.67. The first-order valence-corrected chi connectivity index (χ1v) is 12.5. The summed E-state index contributed by atoms with van der Waals surface area (Å²) in [6.07, 6.45) is -9.17. The molecule has 43 heavy (non-hydrogen) atoms. The van der Waals surface area contributed by atoms with Crippen LogP contribution in [-0.2, 0) is 25.3 Å². The maximum atomic E-state index is 14.1. The van der Waals surface area contributed by atoms with Crippen molar-refractivity contribution in [1.29, 1.82) is 0 Å². The van der Waals surface area contributed by atoms with Gasteiger partial charge in [-0.3, -0.25) is 4.79 Å². The number of hydrogen-bond donors (Lipinski definition) is 3. The molecule has 3 N–H and O–H groups in total. The third-order valence-corrected chi connectivity index (χ3v) is 7.05. The van der Waals surface area contributed by atoms with E-state index in [2.05, 4.69) is 0 Å². The Bertz CT molecular complexity index is 1600. The minimum absolute atomic E-state index is 0.0716. The number of rotatable bonds is 7. The summed E-state index contributed by atoms with van der Waals surface area (Å²) in [6.45, 7) is -0.854. The van der Waals surface area contributed by atoms with Gasteiger partial charge in [0.25, 0.3) is 5.91 Å². The van der Waals surface area contributed by atoms with Gasteiger partial charge in [-0.2, -0.15) is 26.3 Å². The molecule has 0 fully saturated rings. The normalized spacial score (nSPS) is 15.0. The number of carbonyl (C=O) groups is 4. The summed E-state index contributed by atoms with van der Waals surface area (Å²) < 4.78 is 81.6. The molecule has 0 aliphatic heterocycles. The second-order valence-corrected chi connectivity index (χ2v) is 9.81. The lowest BCUT2D eigenvalue weighted by atomic mass is 9.86. The van der Waals surface area contributed by atoms with E-state index in [0.29, 0.717) is 42.7 Å². The van der Waals surface area contributed by atoms with E-state index in [1.807, 2.05) is 0 Å². The average molecular weight is 609 g/mol. The number of hydrogen-bond acceptors (Lipinski definition) is 4. The van der Waals surface area contributed by atoms with Crippen LogP contribution in [0.25, 0.3) is 0 Å². The van der Waals surface area contributed by atoms with Gasteiger partial charge in [0.15, 0.2) is 0 Å². The summed E-state index contributed by atoms with van der Waals surface area (Å²) in [7, 11) is 0. The maximum Gasteiger partial charge on any atom is 0.416 e. The van der Waals surface area contributed by atoms with Crippen LogP contribution in [0, 0.1) is 0 Å². The fourth-order valence-electron chi connectivity index (χ4n) is 5.15. The monoisotopic (exact) mass is 609 g/mol. The molecular weight excluding hydrogens is 588 g/mol. The van der Waals surface area contributed by atoms with E-state index in [1.165, 1.54) is 0 Å². The highest BCUT2D eigenvalue weighted by Gasteiger charge is 2.38. The Hall–Kier alpha value is -4.88. The fraction of sp³-hybridized carbons (Fsp3) is 0.241. The number of alkyl halides is 6. The van der Waals surface area contributed by atoms with Crippen LogP contribution >= 0.6 is 0 Å². The smallest absolute Gasteiger partial charge is 0.416 e. The van der Waals surface area contributed by atoms with Gasteiger partial charge in [-0.25, -0.2) is 14.4 Å². The number of halogens is 6. The lowest BCUT2D eigenvalue weighted by molar-refractivity contribution is -0.143. The number of amides is 1. The third kappa shape index (κ3) is 6.47. The molecule has 0 bridgehead atoms. The zero-order valence-corrected chi connectivity index (χ0v) is 21.8. The van der Waals surface area contributed by atoms with Crippen LogP contribution in [0.4, 0.5) is 26.3 Å². The van der Waals surface area contributed by atoms with Crippen molar-refractivity contribution < 1.29 is 60.8 Å². The number of benzene rings is 3. The molecule has 0 heterocycles. The van der Waals surface area contributed by atoms with Crippen LogP contribution < -0.4 is 0 Å². The predicted molar refractivity (Wildman–Crippen MR) is 136 cm³/mol. The van der Waals surface area contributed by atoms with Gasteiger partial charge in [0.2, 0.25) is 0 Å². The molecule has 4 rings (SSSR count). The molecule has 3 aromatic rings. The minimum atomic E-state index is -5.18. The molecular formula is C29H21F6NO7. The molecule has 0 aromatic heterocycles. The van der Waals surface area contributed by atoms with E-state index in [1.54, 1.807) is 24.3 Å². The molecule has 1 aliphatic rings. The fourth-order valence-corrected chi connectivity index (χ4v) is 5.15. The Kier molecular flexibility index (Phi) is 8.25. The Balaban J connectivity index is 1.96. The topological polar surface area (TPSA) is 132 Å². The standard InChI is InChI=1S/C29H21F6NO7/c30-28(31,32)16-8-14(9-17(10-16)29(33,34)35)13-36(23-7-3-5-15-4-1-2-6-18(15)23)24(37)19-11-21(26(40)41)22(27(42)43)12-20(19)25(38)39/h1-2,4,6,8-12,23H,3,5,7,13H2,(H,38,39)(H,40,41)(H,42,43)/t23-/m0/s1. The zero-order chi connectivity index (χ0) is 31.9. The highest BCUT2D eigenvalue weighted by atomic mass is 19.4. The van der Waals surface area contributed by atoms with Crippen LogP contribution in [0.2, 0.25) is 0 Å². The lowest BCUT2D eigenvalue weighted by Gasteiger charge is -2.36. The van der Waals surface area contributed by atoms with Gasteiger partial charge < -0.3 is 20.2 Å². The molecule has 0 saturated carbocycles. The highest BCUT2D eigenvalue weighted by Crippen LogP contribution is 2.40. The molecule has 0 radical (unpaired) electrons. The van der Waals surface area contributed by atoms with E-state index in [-0.39, 0.29) is 12.5 Å². The summed E-state index contributed by atoms with van der Waals surface area (Å²) in [6, 6.07) is 7.50. The Labute approximate surface area is 238 Å². The van der Waals surface area contributed by atoms with E-state index >= 15 is 0 Å². The lowest BCUT2D eigenvalue weighted by Crippen LogP contribution is -2.37. The minimum Gasteiger partial charge on any atom is -0.478 e. The first kappa shape index (κ1) is 31.1. The van der Waals surface area contributed by atoms with Crippen molar-refractivity contribution in [3.63, 3.8) is 0 Å². The number of aromatic carboxylic acids is 3. The quantitative estimate of drug-likeness (QED) is 0.259. The van der Waals surface area contributed by atoms with E-state index < -0.39 is 87.7 Å². The van der Waals surface area contributed by atoms with Crippen molar-refractivity contribution in [3.05, 3.63) is 105 Å². The SMILES string of the molecule is O=C(O)c1cc(C(=O)O)c(C(=O)N(Cc2cc(C(F)(F)F)cc(C(F)(F)F)c2)[C@H]2CCCc3ccccc32)cc1C(=O)O. The molecule has 8 nitrogen and oxygen atoms in total. The molecule has 14 heteroatoms. The molecule has 0 saturated heterocycles. The molecule has 1 amide bonds. The Morgan fingerprint density at radius 2 is 1.21 bits per heavy atom. The van der Waals surface area contributed by atoms with Crippen molar-refractivity contribution >= 4 is 23.8 Å². The van der Waals surface area contributed by atoms with Gasteiger partial charge in [-0.05, 0) is 66.3 Å². The predicted octanol–water partition coefficient (Wildman–Crippen LogP) is 6.54. The summed E-state index contributed by atoms with van der Waals surface area (Å²) in [4.78, 5) is 50.5. The van der Waals surface area contributed by atoms with Crippen LogP contribution in [0.3, 0.4) is 0 Å². The molecule has 0 unspecified atom stereocenters. The van der Waals surface area contributed by atoms with Crippen LogP contribution in [-0.4, -0.2) is 44.0 Å². The van der Waals surface area contributed by atoms with Gasteiger partial charge in [-0.15, -0.1) is 0 Å². The number of aryl methyl sites for hydroxylation is 1. The van der Waals surface area contributed by atoms with Crippen LogP contribution in [0.15, 0.2) is 54.6 Å². The van der Waals surface area contributed by atoms with E-state index in [4.69, 9.17) is 0 Å². The van der Waals surface area contributed by atoms with Crippen LogP contribution in [0.5, 0.6) is 0 Å². The first-order chi connectivity index (χ1) is 20.0. The number of nitrogens with zero attached hydrogens (tertiary/aromatic N) is 1. The third-order valence-electron chi connectivity index (χ3n) is 7.05. The van der Waals surface area contributed by atoms with E-state index in [0.717, 1.165) is 10.5 Å². The van der Waals surface area contributed by atoms with Gasteiger partial charge >= 0.3 is 30.3 Å². The van der Waals surface area contributed by atoms with E-state index in [9.17, 15) is 60.8 Å². The second kappa shape index (κ2) is 11.4. The summed E-state index contributed by atoms with van der Waals surface area (Å²) in [5, 5.41) is 28.8. The first-order valence-electron chi connectivity index (χ1n) is 12.5. The van der Waals surface area contributed by atoms with Crippen LogP contribution in [0.1, 0.15) is 88.1 Å². The number of carbonyl (C=O) groups excluding carboxylic acids is 1. The second-order valence-electron chi connectivity index (χ2n) is 9.81. The summed E-state index contributed by atoms with van der Waals surface area (Å²) in [5.41, 5.74) is -6.17. The molecule has 0 spiro atoms. The van der Waals surface area contributed by atoms with Crippen molar-refractivity contribution in [3.8, 4) is 0 Å². The molecule has 1 aliphatic carbocycles. The van der Waals surface area contributed by atoms with Crippen molar-refractivity contribution in [2.75, 3.05) is 0 Å². The Morgan fingerprint density at radius 3 is 1.72 bits per heavy atom. The Morgan fingerprint density at radius 1 is 0.721 bits per heavy atom. The maximum absolute atomic E-state index is 14.1. The number of carboxylic acids is 3.